The highest BCUT2D eigenvalue weighted by atomic mass is 35.7. The molecule has 0 aromatic rings. The fourth-order valence-electron chi connectivity index (χ4n) is 2.53. The minimum Gasteiger partial charge on any atom is -0.146 e. The average molecular weight is 349 g/mol. The summed E-state index contributed by atoms with van der Waals surface area (Å²) in [5.41, 5.74) is 0. The third-order valence-corrected chi connectivity index (χ3v) is 8.34. The molecule has 0 aromatic heterocycles. The van der Waals surface area contributed by atoms with E-state index in [4.69, 9.17) is 22.2 Å². The van der Waals surface area contributed by atoms with Gasteiger partial charge in [0.15, 0.2) is 0 Å². The van der Waals surface area contributed by atoms with Gasteiger partial charge in [-0.05, 0) is 37.8 Å². The van der Waals surface area contributed by atoms with E-state index in [1.165, 1.54) is 64.2 Å². The number of hydrogen-bond donors (Lipinski definition) is 0. The van der Waals surface area contributed by atoms with Crippen LogP contribution in [0.1, 0.15) is 77.0 Å². The summed E-state index contributed by atoms with van der Waals surface area (Å²) in [4.78, 5) is 0. The monoisotopic (exact) mass is 348 g/mol. The first-order valence-electron chi connectivity index (χ1n) is 8.72. The molecule has 0 aliphatic heterocycles. The molecule has 0 aliphatic rings. The van der Waals surface area contributed by atoms with E-state index in [-0.39, 0.29) is 0 Å². The van der Waals surface area contributed by atoms with Crippen LogP contribution in [0.15, 0.2) is 25.3 Å². The molecule has 3 heteroatoms. The number of allylic oxidation sites excluding steroid dienone is 2. The van der Waals surface area contributed by atoms with E-state index in [1.807, 2.05) is 12.2 Å². The Morgan fingerprint density at radius 1 is 0.571 bits per heavy atom. The molecule has 0 fully saturated rings. The van der Waals surface area contributed by atoms with Gasteiger partial charge in [0.1, 0.15) is 0 Å². The van der Waals surface area contributed by atoms with Crippen LogP contribution in [-0.4, -0.2) is 6.69 Å². The van der Waals surface area contributed by atoms with E-state index in [9.17, 15) is 0 Å². The van der Waals surface area contributed by atoms with Crippen LogP contribution < -0.4 is 0 Å². The van der Waals surface area contributed by atoms with Crippen LogP contribution in [0.5, 0.6) is 0 Å². The summed E-state index contributed by atoms with van der Waals surface area (Å²) in [7, 11) is 0. The van der Waals surface area contributed by atoms with Crippen LogP contribution in [0.4, 0.5) is 0 Å². The Morgan fingerprint density at radius 3 is 1.29 bits per heavy atom. The Bertz CT molecular complexity index is 252. The zero-order valence-electron chi connectivity index (χ0n) is 13.7. The van der Waals surface area contributed by atoms with Crippen LogP contribution in [0.25, 0.3) is 0 Å². The molecule has 0 nitrogen and oxygen atoms in total. The third kappa shape index (κ3) is 16.5. The molecule has 0 rings (SSSR count). The van der Waals surface area contributed by atoms with Gasteiger partial charge < -0.3 is 0 Å². The summed E-state index contributed by atoms with van der Waals surface area (Å²) >= 11 is 13.1. The minimum atomic E-state index is -1.94. The quantitative estimate of drug-likeness (QED) is 0.115. The molecule has 21 heavy (non-hydrogen) atoms. The molecule has 0 saturated carbocycles. The lowest BCUT2D eigenvalue weighted by Gasteiger charge is -2.16. The van der Waals surface area contributed by atoms with Crippen molar-refractivity contribution in [3.8, 4) is 0 Å². The summed E-state index contributed by atoms with van der Waals surface area (Å²) < 4.78 is 0. The fraction of sp³-hybridized carbons (Fsp3) is 0.778. The summed E-state index contributed by atoms with van der Waals surface area (Å²) in [6, 6.07) is 2.15. The van der Waals surface area contributed by atoms with Crippen molar-refractivity contribution in [3.63, 3.8) is 0 Å². The Balaban J connectivity index is 3.37. The maximum atomic E-state index is 6.53. The topological polar surface area (TPSA) is 0 Å². The lowest BCUT2D eigenvalue weighted by molar-refractivity contribution is 0.609. The summed E-state index contributed by atoms with van der Waals surface area (Å²) in [5.74, 6) is 0. The van der Waals surface area contributed by atoms with Crippen LogP contribution in [0.2, 0.25) is 12.1 Å². The Hall–Kier alpha value is 0.277. The maximum absolute atomic E-state index is 6.53. The molecule has 0 aromatic carbocycles. The van der Waals surface area contributed by atoms with Gasteiger partial charge in [0.25, 0.3) is 6.69 Å². The lowest BCUT2D eigenvalue weighted by Crippen LogP contribution is -2.18. The van der Waals surface area contributed by atoms with Gasteiger partial charge in [0, 0.05) is 0 Å². The van der Waals surface area contributed by atoms with Crippen molar-refractivity contribution in [1.82, 2.24) is 0 Å². The fourth-order valence-corrected chi connectivity index (χ4v) is 5.92. The molecular formula is C18H34Cl2Si. The van der Waals surface area contributed by atoms with Gasteiger partial charge in [-0.15, -0.1) is 35.3 Å². The molecule has 0 spiro atoms. The molecule has 0 radical (unpaired) electrons. The molecule has 0 unspecified atom stereocenters. The van der Waals surface area contributed by atoms with Gasteiger partial charge in [0.05, 0.1) is 0 Å². The van der Waals surface area contributed by atoms with Gasteiger partial charge in [0.2, 0.25) is 0 Å². The van der Waals surface area contributed by atoms with E-state index >= 15 is 0 Å². The second-order valence-electron chi connectivity index (χ2n) is 6.05. The first-order valence-corrected chi connectivity index (χ1v) is 13.2. The normalized spacial score (nSPS) is 11.5. The molecule has 0 aliphatic carbocycles. The number of hydrogen-bond acceptors (Lipinski definition) is 0. The number of halogens is 2. The number of rotatable bonds is 16. The van der Waals surface area contributed by atoms with Crippen molar-refractivity contribution in [2.45, 2.75) is 89.1 Å². The average Bonchev–Trinajstić information content (AvgIpc) is 2.45. The van der Waals surface area contributed by atoms with Crippen molar-refractivity contribution in [1.29, 1.82) is 0 Å². The molecule has 0 bridgehead atoms. The van der Waals surface area contributed by atoms with E-state index in [2.05, 4.69) is 13.2 Å². The van der Waals surface area contributed by atoms with Crippen LogP contribution in [0.3, 0.4) is 0 Å². The largest absolute Gasteiger partial charge is 0.251 e. The highest BCUT2D eigenvalue weighted by Crippen LogP contribution is 2.30. The van der Waals surface area contributed by atoms with E-state index in [0.717, 1.165) is 24.9 Å². The van der Waals surface area contributed by atoms with Crippen molar-refractivity contribution < 1.29 is 0 Å². The smallest absolute Gasteiger partial charge is 0.146 e. The summed E-state index contributed by atoms with van der Waals surface area (Å²) in [6.07, 6.45) is 19.1. The Morgan fingerprint density at radius 2 is 0.905 bits per heavy atom. The molecule has 0 amide bonds. The summed E-state index contributed by atoms with van der Waals surface area (Å²) in [6.45, 7) is 5.56. The van der Waals surface area contributed by atoms with Gasteiger partial charge in [-0.25, -0.2) is 0 Å². The Kier molecular flexibility index (Phi) is 15.4. The zero-order chi connectivity index (χ0) is 15.8. The summed E-state index contributed by atoms with van der Waals surface area (Å²) in [5, 5.41) is 0. The first-order chi connectivity index (χ1) is 10.1. The molecule has 0 N–H and O–H groups in total. The van der Waals surface area contributed by atoms with Crippen molar-refractivity contribution >= 4 is 28.9 Å². The zero-order valence-corrected chi connectivity index (χ0v) is 16.2. The predicted molar refractivity (Wildman–Crippen MR) is 103 cm³/mol. The Labute approximate surface area is 143 Å². The van der Waals surface area contributed by atoms with Crippen LogP contribution in [-0.2, 0) is 0 Å². The maximum Gasteiger partial charge on any atom is 0.251 e. The van der Waals surface area contributed by atoms with E-state index < -0.39 is 6.69 Å². The molecule has 0 heterocycles. The standard InChI is InChI=1S/C18H34Cl2Si/c1-3-5-7-9-11-12-14-16-18-21(19,20)17-15-13-10-8-6-4-2/h3-4H,1-2,5-18H2. The van der Waals surface area contributed by atoms with Crippen molar-refractivity contribution in [2.24, 2.45) is 0 Å². The van der Waals surface area contributed by atoms with Gasteiger partial charge in [-0.2, -0.15) is 0 Å². The highest BCUT2D eigenvalue weighted by molar-refractivity contribution is 7.45. The molecule has 124 valence electrons. The first kappa shape index (κ1) is 21.3. The van der Waals surface area contributed by atoms with E-state index in [0.29, 0.717) is 0 Å². The second-order valence-corrected chi connectivity index (χ2v) is 13.7. The highest BCUT2D eigenvalue weighted by Gasteiger charge is 2.26. The van der Waals surface area contributed by atoms with E-state index in [1.54, 1.807) is 0 Å². The predicted octanol–water partition coefficient (Wildman–Crippen LogP) is 7.96. The van der Waals surface area contributed by atoms with Gasteiger partial charge >= 0.3 is 0 Å². The van der Waals surface area contributed by atoms with Gasteiger partial charge in [-0.3, -0.25) is 0 Å². The minimum absolute atomic E-state index is 1.07. The second kappa shape index (κ2) is 15.2. The van der Waals surface area contributed by atoms with Crippen molar-refractivity contribution in [2.75, 3.05) is 0 Å². The number of unbranched alkanes of at least 4 members (excludes halogenated alkanes) is 10. The van der Waals surface area contributed by atoms with Crippen LogP contribution in [0, 0.1) is 0 Å². The molecule has 0 atom stereocenters. The third-order valence-electron chi connectivity index (χ3n) is 3.90. The van der Waals surface area contributed by atoms with Crippen molar-refractivity contribution in [3.05, 3.63) is 25.3 Å². The van der Waals surface area contributed by atoms with Gasteiger partial charge in [-0.1, -0.05) is 63.5 Å². The molecular weight excluding hydrogens is 315 g/mol. The lowest BCUT2D eigenvalue weighted by atomic mass is 10.1. The van der Waals surface area contributed by atoms with Crippen LogP contribution >= 0.6 is 22.2 Å². The molecule has 0 saturated heterocycles. The SMILES string of the molecule is C=CCCCCCCCC[Si](Cl)(Cl)CCCCCCC=C.